The highest BCUT2D eigenvalue weighted by Gasteiger charge is 2.43. The average Bonchev–Trinajstić information content (AvgIpc) is 3.08. The third-order valence-electron chi connectivity index (χ3n) is 7.10. The number of nitrogens with zero attached hydrogens (tertiary/aromatic N) is 2. The highest BCUT2D eigenvalue weighted by molar-refractivity contribution is 6.00. The fourth-order valence-electron chi connectivity index (χ4n) is 5.43. The van der Waals surface area contributed by atoms with Crippen LogP contribution >= 0.6 is 0 Å². The number of nitrogens with two attached hydrogens (primary N) is 1. The number of fused-ring (bicyclic) bond motifs is 1. The summed E-state index contributed by atoms with van der Waals surface area (Å²) in [5, 5.41) is 0. The van der Waals surface area contributed by atoms with E-state index in [2.05, 4.69) is 13.0 Å². The summed E-state index contributed by atoms with van der Waals surface area (Å²) in [4.78, 5) is 30.9. The molecule has 3 aliphatic rings. The lowest BCUT2D eigenvalue weighted by atomic mass is 9.77. The molecule has 1 aromatic rings. The summed E-state index contributed by atoms with van der Waals surface area (Å²) in [7, 11) is 0. The molecule has 152 valence electrons. The Morgan fingerprint density at radius 3 is 2.32 bits per heavy atom. The predicted molar refractivity (Wildman–Crippen MR) is 111 cm³/mol. The smallest absolute Gasteiger partial charge is 0.231 e. The van der Waals surface area contributed by atoms with Gasteiger partial charge in [-0.1, -0.05) is 31.0 Å². The maximum absolute atomic E-state index is 13.6. The molecule has 2 heterocycles. The van der Waals surface area contributed by atoms with Crippen LogP contribution in [0.2, 0.25) is 0 Å². The third-order valence-corrected chi connectivity index (χ3v) is 7.10. The van der Waals surface area contributed by atoms with Crippen molar-refractivity contribution in [2.75, 3.05) is 24.5 Å². The molecule has 5 nitrogen and oxygen atoms in total. The first-order chi connectivity index (χ1) is 13.6. The number of para-hydroxylation sites is 1. The Morgan fingerprint density at radius 2 is 1.64 bits per heavy atom. The molecule has 2 N–H and O–H groups in total. The number of carbonyl (C=O) groups is 2. The zero-order valence-electron chi connectivity index (χ0n) is 17.0. The molecule has 3 unspecified atom stereocenters. The highest BCUT2D eigenvalue weighted by Crippen LogP contribution is 2.39. The van der Waals surface area contributed by atoms with E-state index in [0.717, 1.165) is 63.7 Å². The molecular weight excluding hydrogens is 350 g/mol. The molecule has 4 rings (SSSR count). The fourth-order valence-corrected chi connectivity index (χ4v) is 5.43. The van der Waals surface area contributed by atoms with Gasteiger partial charge in [0.25, 0.3) is 0 Å². The first kappa shape index (κ1) is 19.4. The molecule has 2 amide bonds. The van der Waals surface area contributed by atoms with Gasteiger partial charge in [-0.3, -0.25) is 9.59 Å². The quantitative estimate of drug-likeness (QED) is 0.873. The summed E-state index contributed by atoms with van der Waals surface area (Å²) >= 11 is 0. The maximum Gasteiger partial charge on any atom is 0.231 e. The van der Waals surface area contributed by atoms with Crippen LogP contribution < -0.4 is 10.6 Å². The number of hydrogen-bond acceptors (Lipinski definition) is 3. The first-order valence-corrected chi connectivity index (χ1v) is 11.0. The molecule has 3 atom stereocenters. The minimum Gasteiger partial charge on any atom is -0.342 e. The molecule has 1 aromatic carbocycles. The topological polar surface area (TPSA) is 66.6 Å². The van der Waals surface area contributed by atoms with Crippen LogP contribution in [0.1, 0.15) is 51.0 Å². The first-order valence-electron chi connectivity index (χ1n) is 11.0. The molecule has 2 aliphatic heterocycles. The summed E-state index contributed by atoms with van der Waals surface area (Å²) in [6.45, 7) is 4.41. The predicted octanol–water partition coefficient (Wildman–Crippen LogP) is 2.97. The van der Waals surface area contributed by atoms with Crippen molar-refractivity contribution in [1.29, 1.82) is 0 Å². The number of benzene rings is 1. The van der Waals surface area contributed by atoms with E-state index in [1.54, 1.807) is 0 Å². The lowest BCUT2D eigenvalue weighted by Gasteiger charge is -2.39. The van der Waals surface area contributed by atoms with Crippen LogP contribution in [0.5, 0.6) is 0 Å². The maximum atomic E-state index is 13.6. The standard InChI is InChI=1S/C23H33N3O2/c1-16-14-18-6-2-5-9-21(18)26(16)23(28)20-8-4-3-7-19(20)22(27)25-12-10-17(15-24)11-13-25/h2,5-6,9,16-17,19-20H,3-4,7-8,10-15,24H2,1H3. The second-order valence-electron chi connectivity index (χ2n) is 8.89. The lowest BCUT2D eigenvalue weighted by molar-refractivity contribution is -0.144. The zero-order chi connectivity index (χ0) is 19.7. The van der Waals surface area contributed by atoms with Crippen LogP contribution in [0.4, 0.5) is 5.69 Å². The van der Waals surface area contributed by atoms with Gasteiger partial charge in [-0.25, -0.2) is 0 Å². The van der Waals surface area contributed by atoms with E-state index in [4.69, 9.17) is 5.73 Å². The molecule has 0 aromatic heterocycles. The SMILES string of the molecule is CC1Cc2ccccc2N1C(=O)C1CCCCC1C(=O)N1CCC(CN)CC1. The summed E-state index contributed by atoms with van der Waals surface area (Å²) in [6.07, 6.45) is 6.65. The van der Waals surface area contributed by atoms with E-state index < -0.39 is 0 Å². The second kappa shape index (κ2) is 8.24. The van der Waals surface area contributed by atoms with Gasteiger partial charge in [0.05, 0.1) is 5.92 Å². The molecular formula is C23H33N3O2. The molecule has 28 heavy (non-hydrogen) atoms. The minimum absolute atomic E-state index is 0.157. The molecule has 0 bridgehead atoms. The summed E-state index contributed by atoms with van der Waals surface area (Å²) in [6, 6.07) is 8.38. The largest absolute Gasteiger partial charge is 0.342 e. The lowest BCUT2D eigenvalue weighted by Crippen LogP contribution is -2.50. The van der Waals surface area contributed by atoms with Gasteiger partial charge in [0, 0.05) is 30.7 Å². The fraction of sp³-hybridized carbons (Fsp3) is 0.652. The van der Waals surface area contributed by atoms with E-state index in [-0.39, 0.29) is 29.7 Å². The van der Waals surface area contributed by atoms with Crippen LogP contribution in [0.3, 0.4) is 0 Å². The number of likely N-dealkylation sites (tertiary alicyclic amines) is 1. The van der Waals surface area contributed by atoms with Crippen molar-refractivity contribution in [1.82, 2.24) is 4.90 Å². The highest BCUT2D eigenvalue weighted by atomic mass is 16.2. The minimum atomic E-state index is -0.179. The molecule has 1 aliphatic carbocycles. The molecule has 0 radical (unpaired) electrons. The Balaban J connectivity index is 1.51. The Bertz CT molecular complexity index is 726. The van der Waals surface area contributed by atoms with Crippen molar-refractivity contribution in [2.24, 2.45) is 23.5 Å². The van der Waals surface area contributed by atoms with E-state index in [1.165, 1.54) is 5.56 Å². The number of piperidine rings is 1. The van der Waals surface area contributed by atoms with Gasteiger partial charge >= 0.3 is 0 Å². The van der Waals surface area contributed by atoms with Crippen molar-refractivity contribution in [3.05, 3.63) is 29.8 Å². The van der Waals surface area contributed by atoms with Crippen LogP contribution in [0.15, 0.2) is 24.3 Å². The normalized spacial score (nSPS) is 28.3. The molecule has 1 saturated carbocycles. The van der Waals surface area contributed by atoms with Crippen molar-refractivity contribution in [2.45, 2.75) is 57.9 Å². The Hall–Kier alpha value is -1.88. The third kappa shape index (κ3) is 3.57. The van der Waals surface area contributed by atoms with E-state index >= 15 is 0 Å². The number of carbonyl (C=O) groups excluding carboxylic acids is 2. The summed E-state index contributed by atoms with van der Waals surface area (Å²) < 4.78 is 0. The number of rotatable bonds is 3. The molecule has 1 saturated heterocycles. The number of hydrogen-bond donors (Lipinski definition) is 1. The van der Waals surface area contributed by atoms with Gasteiger partial charge in [0.15, 0.2) is 0 Å². The van der Waals surface area contributed by atoms with Crippen molar-refractivity contribution >= 4 is 17.5 Å². The summed E-state index contributed by atoms with van der Waals surface area (Å²) in [5.41, 5.74) is 8.08. The molecule has 0 spiro atoms. The zero-order valence-corrected chi connectivity index (χ0v) is 17.0. The van der Waals surface area contributed by atoms with Crippen molar-refractivity contribution < 1.29 is 9.59 Å². The average molecular weight is 384 g/mol. The van der Waals surface area contributed by atoms with Gasteiger partial charge in [-0.2, -0.15) is 0 Å². The van der Waals surface area contributed by atoms with E-state index in [9.17, 15) is 9.59 Å². The Labute approximate surface area is 168 Å². The van der Waals surface area contributed by atoms with Crippen LogP contribution in [0.25, 0.3) is 0 Å². The van der Waals surface area contributed by atoms with E-state index in [0.29, 0.717) is 12.5 Å². The van der Waals surface area contributed by atoms with Crippen molar-refractivity contribution in [3.8, 4) is 0 Å². The number of anilines is 1. The summed E-state index contributed by atoms with van der Waals surface area (Å²) in [5.74, 6) is 0.563. The van der Waals surface area contributed by atoms with Crippen LogP contribution in [0, 0.1) is 17.8 Å². The second-order valence-corrected chi connectivity index (χ2v) is 8.89. The molecule has 5 heteroatoms. The number of amides is 2. The van der Waals surface area contributed by atoms with Crippen LogP contribution in [-0.4, -0.2) is 42.4 Å². The van der Waals surface area contributed by atoms with Gasteiger partial charge in [-0.05, 0) is 63.1 Å². The van der Waals surface area contributed by atoms with Gasteiger partial charge < -0.3 is 15.5 Å². The van der Waals surface area contributed by atoms with Gasteiger partial charge in [-0.15, -0.1) is 0 Å². The van der Waals surface area contributed by atoms with Crippen molar-refractivity contribution in [3.63, 3.8) is 0 Å². The van der Waals surface area contributed by atoms with E-state index in [1.807, 2.05) is 28.0 Å². The molecule has 2 fully saturated rings. The van der Waals surface area contributed by atoms with Gasteiger partial charge in [0.1, 0.15) is 0 Å². The van der Waals surface area contributed by atoms with Gasteiger partial charge in [0.2, 0.25) is 11.8 Å². The Kier molecular flexibility index (Phi) is 5.72. The monoisotopic (exact) mass is 383 g/mol. The van der Waals surface area contributed by atoms with Crippen LogP contribution in [-0.2, 0) is 16.0 Å². The Morgan fingerprint density at radius 1 is 1.00 bits per heavy atom.